The Morgan fingerprint density at radius 3 is 2.68 bits per heavy atom. The lowest BCUT2D eigenvalue weighted by atomic mass is 9.96. The van der Waals surface area contributed by atoms with Gasteiger partial charge in [0.2, 0.25) is 0 Å². The number of hydrogen-bond donors (Lipinski definition) is 2. The van der Waals surface area contributed by atoms with Crippen molar-refractivity contribution >= 4 is 15.9 Å². The van der Waals surface area contributed by atoms with Crippen molar-refractivity contribution in [3.63, 3.8) is 0 Å². The number of aromatic nitrogens is 2. The molecular formula is C15H18BrN3. The van der Waals surface area contributed by atoms with E-state index in [-0.39, 0.29) is 0 Å². The van der Waals surface area contributed by atoms with E-state index >= 15 is 0 Å². The van der Waals surface area contributed by atoms with E-state index in [2.05, 4.69) is 62.4 Å². The Morgan fingerprint density at radius 2 is 2.00 bits per heavy atom. The van der Waals surface area contributed by atoms with Gasteiger partial charge in [-0.3, -0.25) is 0 Å². The number of aromatic amines is 1. The number of halogens is 1. The fraction of sp³-hybridized carbons (Fsp3) is 0.400. The van der Waals surface area contributed by atoms with Crippen LogP contribution in [0.5, 0.6) is 0 Å². The zero-order valence-corrected chi connectivity index (χ0v) is 12.6. The van der Waals surface area contributed by atoms with E-state index < -0.39 is 0 Å². The molecule has 1 aliphatic rings. The van der Waals surface area contributed by atoms with Gasteiger partial charge in [-0.05, 0) is 43.0 Å². The van der Waals surface area contributed by atoms with Gasteiger partial charge >= 0.3 is 0 Å². The fourth-order valence-corrected chi connectivity index (χ4v) is 2.79. The first-order valence-corrected chi connectivity index (χ1v) is 7.56. The van der Waals surface area contributed by atoms with E-state index in [0.717, 1.165) is 34.9 Å². The van der Waals surface area contributed by atoms with E-state index in [1.165, 1.54) is 12.0 Å². The minimum absolute atomic E-state index is 0.375. The number of piperidine rings is 1. The van der Waals surface area contributed by atoms with Crippen LogP contribution in [0.2, 0.25) is 0 Å². The molecule has 0 saturated carbocycles. The molecule has 0 spiro atoms. The van der Waals surface area contributed by atoms with Crippen LogP contribution in [0.15, 0.2) is 34.9 Å². The second-order valence-electron chi connectivity index (χ2n) is 5.33. The smallest absolute Gasteiger partial charge is 0.123 e. The molecule has 3 nitrogen and oxygen atoms in total. The van der Waals surface area contributed by atoms with Gasteiger partial charge in [0.1, 0.15) is 5.82 Å². The van der Waals surface area contributed by atoms with Crippen molar-refractivity contribution in [3.05, 3.63) is 40.8 Å². The largest absolute Gasteiger partial charge is 0.341 e. The van der Waals surface area contributed by atoms with Crippen molar-refractivity contribution in [1.82, 2.24) is 15.3 Å². The van der Waals surface area contributed by atoms with Crippen LogP contribution >= 0.6 is 15.9 Å². The summed E-state index contributed by atoms with van der Waals surface area (Å²) in [6.45, 7) is 3.37. The number of nitrogens with one attached hydrogen (secondary N) is 2. The topological polar surface area (TPSA) is 40.7 Å². The van der Waals surface area contributed by atoms with Crippen LogP contribution in [-0.2, 0) is 0 Å². The van der Waals surface area contributed by atoms with Crippen molar-refractivity contribution in [3.8, 4) is 11.3 Å². The highest BCUT2D eigenvalue weighted by Gasteiger charge is 2.21. The van der Waals surface area contributed by atoms with Crippen LogP contribution in [0.25, 0.3) is 11.3 Å². The van der Waals surface area contributed by atoms with Gasteiger partial charge in [-0.15, -0.1) is 0 Å². The minimum atomic E-state index is 0.375. The molecule has 2 N–H and O–H groups in total. The molecule has 0 aliphatic carbocycles. The molecule has 3 rings (SSSR count). The number of H-pyrrole nitrogens is 1. The molecule has 100 valence electrons. The molecule has 1 fully saturated rings. The van der Waals surface area contributed by atoms with E-state index in [9.17, 15) is 0 Å². The maximum Gasteiger partial charge on any atom is 0.123 e. The number of nitrogens with zero attached hydrogens (tertiary/aromatic N) is 1. The Labute approximate surface area is 122 Å². The Hall–Kier alpha value is -1.13. The Balaban J connectivity index is 1.77. The van der Waals surface area contributed by atoms with Gasteiger partial charge in [0.25, 0.3) is 0 Å². The maximum absolute atomic E-state index is 4.53. The normalized spacial score (nSPS) is 23.5. The van der Waals surface area contributed by atoms with E-state index in [4.69, 9.17) is 0 Å². The molecule has 1 aromatic carbocycles. The van der Waals surface area contributed by atoms with Gasteiger partial charge in [0.05, 0.1) is 17.9 Å². The summed E-state index contributed by atoms with van der Waals surface area (Å²) in [7, 11) is 0. The van der Waals surface area contributed by atoms with Crippen LogP contribution in [-0.4, -0.2) is 16.5 Å². The zero-order valence-electron chi connectivity index (χ0n) is 11.0. The third kappa shape index (κ3) is 2.90. The highest BCUT2D eigenvalue weighted by molar-refractivity contribution is 9.10. The second-order valence-corrected chi connectivity index (χ2v) is 6.25. The van der Waals surface area contributed by atoms with Crippen molar-refractivity contribution in [1.29, 1.82) is 0 Å². The standard InChI is InChI=1S/C15H18BrN3/c1-10-2-7-13(17-8-10)15-18-9-14(19-15)11-3-5-12(16)6-4-11/h3-6,9-10,13,17H,2,7-8H2,1H3,(H,18,19). The SMILES string of the molecule is CC1CCC(c2ncc(-c3ccc(Br)cc3)[nH]2)NC1. The predicted octanol–water partition coefficient (Wildman–Crippen LogP) is 3.90. The van der Waals surface area contributed by atoms with Gasteiger partial charge in [0, 0.05) is 4.47 Å². The lowest BCUT2D eigenvalue weighted by Gasteiger charge is -2.26. The first-order chi connectivity index (χ1) is 9.22. The third-order valence-corrected chi connectivity index (χ3v) is 4.27. The summed E-state index contributed by atoms with van der Waals surface area (Å²) in [5.41, 5.74) is 2.26. The molecule has 0 amide bonds. The van der Waals surface area contributed by atoms with Crippen LogP contribution in [0, 0.1) is 5.92 Å². The average Bonchev–Trinajstić information content (AvgIpc) is 2.90. The monoisotopic (exact) mass is 319 g/mol. The number of imidazole rings is 1. The first kappa shape index (κ1) is 12.9. The van der Waals surface area contributed by atoms with E-state index in [0.29, 0.717) is 6.04 Å². The van der Waals surface area contributed by atoms with Crippen LogP contribution in [0.1, 0.15) is 31.6 Å². The molecule has 19 heavy (non-hydrogen) atoms. The summed E-state index contributed by atoms with van der Waals surface area (Å²) in [5.74, 6) is 1.84. The number of benzene rings is 1. The van der Waals surface area contributed by atoms with E-state index in [1.54, 1.807) is 0 Å². The van der Waals surface area contributed by atoms with Crippen LogP contribution < -0.4 is 5.32 Å². The van der Waals surface area contributed by atoms with Crippen molar-refractivity contribution in [2.75, 3.05) is 6.54 Å². The minimum Gasteiger partial charge on any atom is -0.341 e. The summed E-state index contributed by atoms with van der Waals surface area (Å²) < 4.78 is 1.10. The van der Waals surface area contributed by atoms with Gasteiger partial charge in [-0.1, -0.05) is 35.0 Å². The summed E-state index contributed by atoms with van der Waals surface area (Å²) in [4.78, 5) is 7.98. The molecule has 1 saturated heterocycles. The molecule has 2 aromatic rings. The summed E-state index contributed by atoms with van der Waals surface area (Å²) in [5, 5.41) is 3.56. The molecule has 1 aliphatic heterocycles. The second kappa shape index (κ2) is 5.47. The van der Waals surface area contributed by atoms with Crippen LogP contribution in [0.3, 0.4) is 0 Å². The van der Waals surface area contributed by atoms with Crippen molar-refractivity contribution in [2.24, 2.45) is 5.92 Å². The maximum atomic E-state index is 4.53. The summed E-state index contributed by atoms with van der Waals surface area (Å²) >= 11 is 3.46. The lowest BCUT2D eigenvalue weighted by Crippen LogP contribution is -2.32. The fourth-order valence-electron chi connectivity index (χ4n) is 2.52. The predicted molar refractivity (Wildman–Crippen MR) is 80.9 cm³/mol. The van der Waals surface area contributed by atoms with E-state index in [1.807, 2.05) is 6.20 Å². The van der Waals surface area contributed by atoms with Crippen molar-refractivity contribution in [2.45, 2.75) is 25.8 Å². The molecule has 4 heteroatoms. The Bertz CT molecular complexity index is 539. The average molecular weight is 320 g/mol. The molecule has 1 aromatic heterocycles. The number of rotatable bonds is 2. The van der Waals surface area contributed by atoms with Gasteiger partial charge in [-0.2, -0.15) is 0 Å². The highest BCUT2D eigenvalue weighted by Crippen LogP contribution is 2.26. The quantitative estimate of drug-likeness (QED) is 0.881. The molecule has 2 heterocycles. The van der Waals surface area contributed by atoms with Gasteiger partial charge in [-0.25, -0.2) is 4.98 Å². The van der Waals surface area contributed by atoms with Crippen LogP contribution in [0.4, 0.5) is 0 Å². The summed E-state index contributed by atoms with van der Waals surface area (Å²) in [6.07, 6.45) is 4.36. The molecule has 2 unspecified atom stereocenters. The lowest BCUT2D eigenvalue weighted by molar-refractivity contribution is 0.325. The Kier molecular flexibility index (Phi) is 3.71. The summed E-state index contributed by atoms with van der Waals surface area (Å²) in [6, 6.07) is 8.67. The molecule has 0 bridgehead atoms. The molecule has 2 atom stereocenters. The zero-order chi connectivity index (χ0) is 13.2. The highest BCUT2D eigenvalue weighted by atomic mass is 79.9. The van der Waals surface area contributed by atoms with Gasteiger partial charge in [0.15, 0.2) is 0 Å². The Morgan fingerprint density at radius 1 is 1.21 bits per heavy atom. The molecule has 0 radical (unpaired) electrons. The van der Waals surface area contributed by atoms with Gasteiger partial charge < -0.3 is 10.3 Å². The first-order valence-electron chi connectivity index (χ1n) is 6.76. The number of hydrogen-bond acceptors (Lipinski definition) is 2. The van der Waals surface area contributed by atoms with Crippen molar-refractivity contribution < 1.29 is 0 Å². The third-order valence-electron chi connectivity index (χ3n) is 3.74. The molecular weight excluding hydrogens is 302 g/mol.